The lowest BCUT2D eigenvalue weighted by Gasteiger charge is -2.21. The van der Waals surface area contributed by atoms with Crippen molar-refractivity contribution in [2.75, 3.05) is 13.2 Å². The summed E-state index contributed by atoms with van der Waals surface area (Å²) >= 11 is 0. The van der Waals surface area contributed by atoms with Gasteiger partial charge in [0.15, 0.2) is 0 Å². The van der Waals surface area contributed by atoms with Crippen molar-refractivity contribution in [3.63, 3.8) is 0 Å². The van der Waals surface area contributed by atoms with E-state index in [4.69, 9.17) is 9.78 Å². The summed E-state index contributed by atoms with van der Waals surface area (Å²) in [7, 11) is -3.88. The number of rotatable bonds is 6. The molecule has 1 fully saturated rings. The molecule has 1 saturated heterocycles. The van der Waals surface area contributed by atoms with Crippen LogP contribution in [0.5, 0.6) is 0 Å². The van der Waals surface area contributed by atoms with E-state index in [1.54, 1.807) is 0 Å². The minimum Gasteiger partial charge on any atom is -0.258 e. The van der Waals surface area contributed by atoms with Crippen LogP contribution >= 0.6 is 0 Å². The first-order chi connectivity index (χ1) is 9.99. The van der Waals surface area contributed by atoms with E-state index in [0.29, 0.717) is 6.61 Å². The summed E-state index contributed by atoms with van der Waals surface area (Å²) in [5.41, 5.74) is 2.24. The molecule has 1 aliphatic heterocycles. The molecule has 116 valence electrons. The van der Waals surface area contributed by atoms with Crippen molar-refractivity contribution in [2.45, 2.75) is 23.8 Å². The molecule has 10 heteroatoms. The van der Waals surface area contributed by atoms with Gasteiger partial charge in [-0.25, -0.2) is 23.6 Å². The Kier molecular flexibility index (Phi) is 5.20. The Balaban J connectivity index is 1.94. The molecule has 0 spiro atoms. The van der Waals surface area contributed by atoms with Gasteiger partial charge in [0, 0.05) is 18.7 Å². The van der Waals surface area contributed by atoms with E-state index < -0.39 is 14.9 Å². The standard InChI is InChI=1S/C11H15N3O6S/c15-14(16)9-3-1-5-11(7-9)21(17,18)13-12-8-10-4-2-6-19-20-10/h1,3,5,7,10,12-13H,2,4,6,8H2/t10-/m0/s1. The number of benzene rings is 1. The highest BCUT2D eigenvalue weighted by Gasteiger charge is 2.19. The fraction of sp³-hybridized carbons (Fsp3) is 0.455. The van der Waals surface area contributed by atoms with Gasteiger partial charge in [-0.05, 0) is 18.9 Å². The maximum atomic E-state index is 12.0. The molecule has 0 aliphatic carbocycles. The van der Waals surface area contributed by atoms with Gasteiger partial charge in [-0.1, -0.05) is 6.07 Å². The van der Waals surface area contributed by atoms with Crippen LogP contribution in [0.4, 0.5) is 5.69 Å². The molecule has 21 heavy (non-hydrogen) atoms. The SMILES string of the molecule is O=[N+]([O-])c1cccc(S(=O)(=O)NNC[C@@H]2CCCOO2)c1. The van der Waals surface area contributed by atoms with Crippen molar-refractivity contribution in [3.8, 4) is 0 Å². The van der Waals surface area contributed by atoms with Crippen LogP contribution in [0.1, 0.15) is 12.8 Å². The molecule has 0 aromatic heterocycles. The predicted octanol–water partition coefficient (Wildman–Crippen LogP) is 0.488. The summed E-state index contributed by atoms with van der Waals surface area (Å²) in [6.07, 6.45) is 1.35. The van der Waals surface area contributed by atoms with E-state index in [0.717, 1.165) is 18.9 Å². The molecule has 1 aromatic rings. The quantitative estimate of drug-likeness (QED) is 0.445. The van der Waals surface area contributed by atoms with Crippen LogP contribution in [0.15, 0.2) is 29.2 Å². The normalized spacial score (nSPS) is 19.3. The van der Waals surface area contributed by atoms with Crippen LogP contribution in [0, 0.1) is 10.1 Å². The fourth-order valence-corrected chi connectivity index (χ4v) is 2.70. The Morgan fingerprint density at radius 2 is 2.24 bits per heavy atom. The molecule has 0 bridgehead atoms. The fourth-order valence-electron chi connectivity index (χ4n) is 1.77. The second kappa shape index (κ2) is 6.91. The first-order valence-electron chi connectivity index (χ1n) is 6.26. The minimum atomic E-state index is -3.88. The molecule has 0 saturated carbocycles. The second-order valence-electron chi connectivity index (χ2n) is 4.42. The third-order valence-corrected chi connectivity index (χ3v) is 4.12. The maximum Gasteiger partial charge on any atom is 0.270 e. The van der Waals surface area contributed by atoms with Gasteiger partial charge in [-0.3, -0.25) is 10.1 Å². The Hall–Kier alpha value is -1.59. The van der Waals surface area contributed by atoms with Crippen LogP contribution in [0.2, 0.25) is 0 Å². The molecule has 2 rings (SSSR count). The highest BCUT2D eigenvalue weighted by molar-refractivity contribution is 7.89. The van der Waals surface area contributed by atoms with Crippen molar-refractivity contribution < 1.29 is 23.1 Å². The van der Waals surface area contributed by atoms with Crippen molar-refractivity contribution in [2.24, 2.45) is 0 Å². The Morgan fingerprint density at radius 3 is 2.90 bits per heavy atom. The summed E-state index contributed by atoms with van der Waals surface area (Å²) < 4.78 is 24.0. The molecular formula is C11H15N3O6S. The average molecular weight is 317 g/mol. The van der Waals surface area contributed by atoms with Crippen molar-refractivity contribution in [1.82, 2.24) is 10.3 Å². The van der Waals surface area contributed by atoms with Crippen LogP contribution in [0.25, 0.3) is 0 Å². The van der Waals surface area contributed by atoms with E-state index in [1.165, 1.54) is 18.2 Å². The van der Waals surface area contributed by atoms with Gasteiger partial charge in [0.25, 0.3) is 15.7 Å². The topological polar surface area (TPSA) is 120 Å². The number of nitro groups is 1. The number of nitrogens with zero attached hydrogens (tertiary/aromatic N) is 1. The van der Waals surface area contributed by atoms with E-state index in [1.807, 2.05) is 0 Å². The maximum absolute atomic E-state index is 12.0. The van der Waals surface area contributed by atoms with Crippen molar-refractivity contribution in [3.05, 3.63) is 34.4 Å². The molecule has 1 atom stereocenters. The van der Waals surface area contributed by atoms with Crippen molar-refractivity contribution >= 4 is 15.7 Å². The largest absolute Gasteiger partial charge is 0.270 e. The lowest BCUT2D eigenvalue weighted by atomic mass is 10.2. The molecule has 1 heterocycles. The highest BCUT2D eigenvalue weighted by Crippen LogP contribution is 2.16. The molecule has 1 aromatic carbocycles. The Morgan fingerprint density at radius 1 is 1.43 bits per heavy atom. The number of hydrogen-bond acceptors (Lipinski definition) is 7. The third kappa shape index (κ3) is 4.44. The van der Waals surface area contributed by atoms with Gasteiger partial charge in [-0.2, -0.15) is 0 Å². The first-order valence-corrected chi connectivity index (χ1v) is 7.75. The monoisotopic (exact) mass is 317 g/mol. The number of hydrazine groups is 1. The predicted molar refractivity (Wildman–Crippen MR) is 71.5 cm³/mol. The number of hydrogen-bond donors (Lipinski definition) is 2. The second-order valence-corrected chi connectivity index (χ2v) is 6.11. The Bertz CT molecular complexity index is 600. The van der Waals surface area contributed by atoms with Crippen LogP contribution < -0.4 is 10.3 Å². The molecular weight excluding hydrogens is 302 g/mol. The zero-order chi connectivity index (χ0) is 15.3. The summed E-state index contributed by atoms with van der Waals surface area (Å²) in [5, 5.41) is 10.6. The van der Waals surface area contributed by atoms with Gasteiger partial charge in [0.2, 0.25) is 0 Å². The van der Waals surface area contributed by atoms with E-state index in [9.17, 15) is 18.5 Å². The van der Waals surface area contributed by atoms with Crippen molar-refractivity contribution in [1.29, 1.82) is 0 Å². The molecule has 2 N–H and O–H groups in total. The van der Waals surface area contributed by atoms with Gasteiger partial charge in [-0.15, -0.1) is 4.83 Å². The van der Waals surface area contributed by atoms with Gasteiger partial charge < -0.3 is 0 Å². The van der Waals surface area contributed by atoms with Crippen LogP contribution in [-0.4, -0.2) is 32.6 Å². The summed E-state index contributed by atoms with van der Waals surface area (Å²) in [6.45, 7) is 0.754. The van der Waals surface area contributed by atoms with Crippen LogP contribution in [-0.2, 0) is 19.8 Å². The zero-order valence-corrected chi connectivity index (χ0v) is 11.8. The number of nitro benzene ring substituents is 1. The number of nitrogens with one attached hydrogen (secondary N) is 2. The number of sulfonamides is 1. The molecule has 0 radical (unpaired) electrons. The summed E-state index contributed by atoms with van der Waals surface area (Å²) in [6, 6.07) is 4.80. The lowest BCUT2D eigenvalue weighted by Crippen LogP contribution is -2.43. The van der Waals surface area contributed by atoms with Gasteiger partial charge in [0.05, 0.1) is 16.4 Å². The average Bonchev–Trinajstić information content (AvgIpc) is 2.48. The zero-order valence-electron chi connectivity index (χ0n) is 11.0. The molecule has 0 unspecified atom stereocenters. The van der Waals surface area contributed by atoms with E-state index in [-0.39, 0.29) is 23.2 Å². The highest BCUT2D eigenvalue weighted by atomic mass is 32.2. The Labute approximate surface area is 121 Å². The lowest BCUT2D eigenvalue weighted by molar-refractivity contribution is -0.385. The van der Waals surface area contributed by atoms with Crippen LogP contribution in [0.3, 0.4) is 0 Å². The third-order valence-electron chi connectivity index (χ3n) is 2.83. The molecule has 0 amide bonds. The summed E-state index contributed by atoms with van der Waals surface area (Å²) in [5.74, 6) is 0. The van der Waals surface area contributed by atoms with Gasteiger partial charge >= 0.3 is 0 Å². The molecule has 1 aliphatic rings. The minimum absolute atomic E-state index is 0.190. The van der Waals surface area contributed by atoms with E-state index in [2.05, 4.69) is 10.3 Å². The smallest absolute Gasteiger partial charge is 0.258 e. The van der Waals surface area contributed by atoms with Gasteiger partial charge in [0.1, 0.15) is 6.10 Å². The van der Waals surface area contributed by atoms with E-state index >= 15 is 0 Å². The number of non-ortho nitro benzene ring substituents is 1. The molecule has 9 nitrogen and oxygen atoms in total. The first kappa shape index (κ1) is 15.8. The summed E-state index contributed by atoms with van der Waals surface area (Å²) in [4.78, 5) is 21.7.